The molecule has 0 aliphatic carbocycles. The maximum absolute atomic E-state index is 6.34. The van der Waals surface area contributed by atoms with Gasteiger partial charge in [-0.1, -0.05) is 115 Å². The van der Waals surface area contributed by atoms with Crippen LogP contribution in [0.25, 0.3) is 65.4 Å². The standard InChI is InChI=1S/C42H27NO/c1-3-13-28(14-4-1)29-15-11-18-31(27-29)43(30-16-5-2-6-17-30)37-23-12-22-33-35-25-26-39-42(36-21-9-10-24-38(36)44-39)41(35)34-20-8-7-19-32(34)40(33)37/h1-27H. The lowest BCUT2D eigenvalue weighted by molar-refractivity contribution is 0.669. The molecule has 2 heteroatoms. The molecular weight excluding hydrogens is 534 g/mol. The van der Waals surface area contributed by atoms with Gasteiger partial charge in [0, 0.05) is 32.9 Å². The van der Waals surface area contributed by atoms with Crippen LogP contribution in [0.5, 0.6) is 0 Å². The first-order valence-electron chi connectivity index (χ1n) is 15.0. The van der Waals surface area contributed by atoms with E-state index in [1.165, 1.54) is 48.8 Å². The van der Waals surface area contributed by atoms with E-state index in [-0.39, 0.29) is 0 Å². The molecule has 206 valence electrons. The van der Waals surface area contributed by atoms with E-state index < -0.39 is 0 Å². The van der Waals surface area contributed by atoms with E-state index in [2.05, 4.69) is 163 Å². The van der Waals surface area contributed by atoms with Gasteiger partial charge in [-0.15, -0.1) is 0 Å². The molecule has 1 aromatic heterocycles. The molecule has 9 aromatic rings. The first-order chi connectivity index (χ1) is 21.8. The quantitative estimate of drug-likeness (QED) is 0.199. The molecule has 0 amide bonds. The summed E-state index contributed by atoms with van der Waals surface area (Å²) in [5.41, 5.74) is 7.61. The minimum Gasteiger partial charge on any atom is -0.456 e. The van der Waals surface area contributed by atoms with Crippen LogP contribution in [-0.2, 0) is 0 Å². The topological polar surface area (TPSA) is 16.4 Å². The van der Waals surface area contributed by atoms with E-state index in [0.717, 1.165) is 33.6 Å². The van der Waals surface area contributed by atoms with Gasteiger partial charge in [0.05, 0.1) is 5.69 Å². The smallest absolute Gasteiger partial charge is 0.136 e. The third-order valence-corrected chi connectivity index (χ3v) is 8.81. The van der Waals surface area contributed by atoms with Crippen molar-refractivity contribution in [1.82, 2.24) is 0 Å². The monoisotopic (exact) mass is 561 g/mol. The summed E-state index contributed by atoms with van der Waals surface area (Å²) in [6.07, 6.45) is 0. The largest absolute Gasteiger partial charge is 0.456 e. The van der Waals surface area contributed by atoms with Gasteiger partial charge in [0.2, 0.25) is 0 Å². The van der Waals surface area contributed by atoms with Crippen LogP contribution in [0.2, 0.25) is 0 Å². The average molecular weight is 562 g/mol. The van der Waals surface area contributed by atoms with Gasteiger partial charge in [0.15, 0.2) is 0 Å². The number of hydrogen-bond acceptors (Lipinski definition) is 2. The Balaban J connectivity index is 1.40. The maximum atomic E-state index is 6.34. The first-order valence-corrected chi connectivity index (χ1v) is 15.0. The molecule has 44 heavy (non-hydrogen) atoms. The molecule has 0 fully saturated rings. The zero-order valence-corrected chi connectivity index (χ0v) is 23.9. The van der Waals surface area contributed by atoms with E-state index in [9.17, 15) is 0 Å². The SMILES string of the molecule is c1ccc(-c2cccc(N(c3ccccc3)c3cccc4c5ccc6oc7ccccc7c6c5c5ccccc5c34)c2)cc1. The summed E-state index contributed by atoms with van der Waals surface area (Å²) < 4.78 is 6.34. The number of benzene rings is 8. The second-order valence-corrected chi connectivity index (χ2v) is 11.3. The summed E-state index contributed by atoms with van der Waals surface area (Å²) >= 11 is 0. The van der Waals surface area contributed by atoms with E-state index >= 15 is 0 Å². The molecule has 0 unspecified atom stereocenters. The Kier molecular flexibility index (Phi) is 5.54. The van der Waals surface area contributed by atoms with Gasteiger partial charge in [-0.25, -0.2) is 0 Å². The second-order valence-electron chi connectivity index (χ2n) is 11.3. The molecule has 2 nitrogen and oxygen atoms in total. The Hall–Kier alpha value is -5.86. The molecule has 0 radical (unpaired) electrons. The summed E-state index contributed by atoms with van der Waals surface area (Å²) in [6.45, 7) is 0. The van der Waals surface area contributed by atoms with Crippen molar-refractivity contribution in [2.75, 3.05) is 4.90 Å². The Labute approximate surface area is 255 Å². The fourth-order valence-corrected chi connectivity index (χ4v) is 6.93. The Morgan fingerprint density at radius 2 is 0.909 bits per heavy atom. The highest BCUT2D eigenvalue weighted by molar-refractivity contribution is 6.36. The molecule has 9 rings (SSSR count). The van der Waals surface area contributed by atoms with Crippen LogP contribution in [0, 0.1) is 0 Å². The molecule has 8 aromatic carbocycles. The number of fused-ring (bicyclic) bond motifs is 10. The molecule has 1 heterocycles. The summed E-state index contributed by atoms with van der Waals surface area (Å²) in [5, 5.41) is 9.71. The van der Waals surface area contributed by atoms with Gasteiger partial charge in [0.25, 0.3) is 0 Å². The number of para-hydroxylation sites is 2. The average Bonchev–Trinajstić information content (AvgIpc) is 3.48. The molecule has 0 atom stereocenters. The normalized spacial score (nSPS) is 11.6. The minimum absolute atomic E-state index is 0.918. The predicted molar refractivity (Wildman–Crippen MR) is 186 cm³/mol. The van der Waals surface area contributed by atoms with Crippen LogP contribution in [0.15, 0.2) is 168 Å². The van der Waals surface area contributed by atoms with Gasteiger partial charge in [-0.05, 0) is 81.2 Å². The molecular formula is C42H27NO. The fourth-order valence-electron chi connectivity index (χ4n) is 6.93. The maximum Gasteiger partial charge on any atom is 0.136 e. The summed E-state index contributed by atoms with van der Waals surface area (Å²) in [4.78, 5) is 2.40. The molecule has 0 bridgehead atoms. The van der Waals surface area contributed by atoms with Gasteiger partial charge >= 0.3 is 0 Å². The van der Waals surface area contributed by atoms with Crippen molar-refractivity contribution in [3.8, 4) is 11.1 Å². The van der Waals surface area contributed by atoms with Crippen molar-refractivity contribution in [3.05, 3.63) is 164 Å². The lowest BCUT2D eigenvalue weighted by Gasteiger charge is -2.28. The summed E-state index contributed by atoms with van der Waals surface area (Å²) in [5.74, 6) is 0. The van der Waals surface area contributed by atoms with Crippen molar-refractivity contribution in [2.45, 2.75) is 0 Å². The molecule has 0 saturated heterocycles. The van der Waals surface area contributed by atoms with E-state index in [1.54, 1.807) is 0 Å². The lowest BCUT2D eigenvalue weighted by Crippen LogP contribution is -2.10. The number of rotatable bonds is 4. The predicted octanol–water partition coefficient (Wildman–Crippen LogP) is 12.2. The van der Waals surface area contributed by atoms with Crippen LogP contribution < -0.4 is 4.90 Å². The van der Waals surface area contributed by atoms with Crippen LogP contribution in [0.4, 0.5) is 17.1 Å². The van der Waals surface area contributed by atoms with Crippen molar-refractivity contribution in [2.24, 2.45) is 0 Å². The third kappa shape index (κ3) is 3.75. The second kappa shape index (κ2) is 9.86. The molecule has 0 aliphatic heterocycles. The first kappa shape index (κ1) is 24.7. The van der Waals surface area contributed by atoms with Crippen molar-refractivity contribution in [1.29, 1.82) is 0 Å². The number of furan rings is 1. The van der Waals surface area contributed by atoms with Crippen molar-refractivity contribution < 1.29 is 4.42 Å². The van der Waals surface area contributed by atoms with Crippen LogP contribution in [0.1, 0.15) is 0 Å². The fraction of sp³-hybridized carbons (Fsp3) is 0. The number of nitrogens with zero attached hydrogens (tertiary/aromatic N) is 1. The Morgan fingerprint density at radius 1 is 0.341 bits per heavy atom. The lowest BCUT2D eigenvalue weighted by atomic mass is 9.90. The highest BCUT2D eigenvalue weighted by Crippen LogP contribution is 2.47. The van der Waals surface area contributed by atoms with Crippen LogP contribution in [0.3, 0.4) is 0 Å². The highest BCUT2D eigenvalue weighted by Gasteiger charge is 2.21. The van der Waals surface area contributed by atoms with Crippen LogP contribution >= 0.6 is 0 Å². The zero-order chi connectivity index (χ0) is 29.0. The van der Waals surface area contributed by atoms with E-state index in [4.69, 9.17) is 4.42 Å². The van der Waals surface area contributed by atoms with Gasteiger partial charge in [0.1, 0.15) is 11.2 Å². The number of hydrogen-bond donors (Lipinski definition) is 0. The summed E-state index contributed by atoms with van der Waals surface area (Å²) in [7, 11) is 0. The Morgan fingerprint density at radius 3 is 1.70 bits per heavy atom. The van der Waals surface area contributed by atoms with Gasteiger partial charge in [-0.2, -0.15) is 0 Å². The Bertz CT molecular complexity index is 2460. The molecule has 0 saturated carbocycles. The molecule has 0 N–H and O–H groups in total. The summed E-state index contributed by atoms with van der Waals surface area (Å²) in [6, 6.07) is 58.4. The van der Waals surface area contributed by atoms with Crippen molar-refractivity contribution in [3.63, 3.8) is 0 Å². The number of anilines is 3. The van der Waals surface area contributed by atoms with Crippen molar-refractivity contribution >= 4 is 71.3 Å². The van der Waals surface area contributed by atoms with Gasteiger partial charge in [-0.3, -0.25) is 0 Å². The van der Waals surface area contributed by atoms with Gasteiger partial charge < -0.3 is 9.32 Å². The highest BCUT2D eigenvalue weighted by atomic mass is 16.3. The molecule has 0 aliphatic rings. The van der Waals surface area contributed by atoms with Crippen LogP contribution in [-0.4, -0.2) is 0 Å². The molecule has 0 spiro atoms. The zero-order valence-electron chi connectivity index (χ0n) is 23.9. The van der Waals surface area contributed by atoms with E-state index in [1.807, 2.05) is 6.07 Å². The van der Waals surface area contributed by atoms with E-state index in [0.29, 0.717) is 0 Å². The minimum atomic E-state index is 0.918. The third-order valence-electron chi connectivity index (χ3n) is 8.81.